The summed E-state index contributed by atoms with van der Waals surface area (Å²) < 4.78 is 0. The molecule has 23 heavy (non-hydrogen) atoms. The highest BCUT2D eigenvalue weighted by Gasteiger charge is 2.22. The molecular weight excluding hydrogens is 284 g/mol. The Morgan fingerprint density at radius 3 is 2.61 bits per heavy atom. The molecule has 0 saturated carbocycles. The zero-order valence-electron chi connectivity index (χ0n) is 13.7. The van der Waals surface area contributed by atoms with Gasteiger partial charge in [-0.3, -0.25) is 9.69 Å². The lowest BCUT2D eigenvalue weighted by molar-refractivity contribution is -0.133. The van der Waals surface area contributed by atoms with Crippen LogP contribution in [0.1, 0.15) is 24.8 Å². The van der Waals surface area contributed by atoms with Crippen LogP contribution >= 0.6 is 0 Å². The van der Waals surface area contributed by atoms with Gasteiger partial charge in [-0.25, -0.2) is 0 Å². The summed E-state index contributed by atoms with van der Waals surface area (Å²) in [6.45, 7) is 4.65. The summed E-state index contributed by atoms with van der Waals surface area (Å²) in [6, 6.07) is 10.4. The smallest absolute Gasteiger partial charge is 0.223 e. The third-order valence-electron chi connectivity index (χ3n) is 4.75. The van der Waals surface area contributed by atoms with Gasteiger partial charge in [0.15, 0.2) is 0 Å². The van der Waals surface area contributed by atoms with Crippen molar-refractivity contribution in [3.63, 3.8) is 0 Å². The fourth-order valence-electron chi connectivity index (χ4n) is 3.30. The van der Waals surface area contributed by atoms with Crippen LogP contribution in [0.5, 0.6) is 0 Å². The van der Waals surface area contributed by atoms with E-state index in [0.29, 0.717) is 18.2 Å². The van der Waals surface area contributed by atoms with Crippen LogP contribution in [0, 0.1) is 5.92 Å². The van der Waals surface area contributed by atoms with E-state index in [9.17, 15) is 4.79 Å². The lowest BCUT2D eigenvalue weighted by Gasteiger charge is -2.34. The molecule has 0 bridgehead atoms. The molecule has 3 heteroatoms. The van der Waals surface area contributed by atoms with E-state index in [1.54, 1.807) is 0 Å². The van der Waals surface area contributed by atoms with E-state index in [2.05, 4.69) is 53.5 Å². The number of rotatable bonds is 5. The molecule has 1 heterocycles. The molecule has 3 rings (SSSR count). The normalized spacial score (nSPS) is 22.1. The first-order valence-electron chi connectivity index (χ1n) is 8.69. The predicted molar refractivity (Wildman–Crippen MR) is 95.0 cm³/mol. The van der Waals surface area contributed by atoms with Crippen molar-refractivity contribution in [3.05, 3.63) is 54.1 Å². The first kappa shape index (κ1) is 16.0. The molecule has 122 valence electrons. The van der Waals surface area contributed by atoms with Gasteiger partial charge in [0.25, 0.3) is 0 Å². The summed E-state index contributed by atoms with van der Waals surface area (Å²) in [4.78, 5) is 16.8. The molecule has 1 aromatic carbocycles. The van der Waals surface area contributed by atoms with Crippen LogP contribution in [0.25, 0.3) is 6.08 Å². The van der Waals surface area contributed by atoms with E-state index in [1.807, 2.05) is 11.0 Å². The van der Waals surface area contributed by atoms with E-state index >= 15 is 0 Å². The molecule has 2 aliphatic rings. The third kappa shape index (κ3) is 4.80. The van der Waals surface area contributed by atoms with Crippen molar-refractivity contribution in [1.82, 2.24) is 9.80 Å². The maximum absolute atomic E-state index is 12.3. The van der Waals surface area contributed by atoms with Crippen LogP contribution in [-0.4, -0.2) is 48.4 Å². The maximum Gasteiger partial charge on any atom is 0.223 e. The summed E-state index contributed by atoms with van der Waals surface area (Å²) in [5, 5.41) is 0. The monoisotopic (exact) mass is 310 g/mol. The highest BCUT2D eigenvalue weighted by Crippen LogP contribution is 2.21. The molecule has 0 radical (unpaired) electrons. The topological polar surface area (TPSA) is 23.6 Å². The van der Waals surface area contributed by atoms with Gasteiger partial charge in [-0.05, 0) is 24.3 Å². The van der Waals surface area contributed by atoms with Gasteiger partial charge in [-0.2, -0.15) is 0 Å². The summed E-state index contributed by atoms with van der Waals surface area (Å²) in [7, 11) is 0. The molecule has 1 atom stereocenters. The fraction of sp³-hybridized carbons (Fsp3) is 0.450. The van der Waals surface area contributed by atoms with Crippen molar-refractivity contribution in [2.45, 2.75) is 19.3 Å². The van der Waals surface area contributed by atoms with E-state index in [0.717, 1.165) is 45.6 Å². The van der Waals surface area contributed by atoms with Crippen LogP contribution in [0.4, 0.5) is 0 Å². The largest absolute Gasteiger partial charge is 0.340 e. The molecule has 1 aliphatic heterocycles. The number of hydrogen-bond acceptors (Lipinski definition) is 2. The molecular formula is C20H26N2O. The molecule has 1 amide bonds. The molecule has 1 aromatic rings. The van der Waals surface area contributed by atoms with Gasteiger partial charge in [0, 0.05) is 39.1 Å². The molecule has 0 aromatic heterocycles. The quantitative estimate of drug-likeness (QED) is 0.780. The second kappa shape index (κ2) is 8.11. The number of amides is 1. The maximum atomic E-state index is 12.3. The van der Waals surface area contributed by atoms with Gasteiger partial charge in [-0.15, -0.1) is 0 Å². The Balaban J connectivity index is 1.39. The Morgan fingerprint density at radius 1 is 1.13 bits per heavy atom. The molecule has 1 saturated heterocycles. The minimum absolute atomic E-state index is 0.334. The molecule has 0 spiro atoms. The Labute approximate surface area is 139 Å². The molecule has 3 nitrogen and oxygen atoms in total. The van der Waals surface area contributed by atoms with Gasteiger partial charge in [0.1, 0.15) is 0 Å². The number of allylic oxidation sites excluding steroid dienone is 2. The van der Waals surface area contributed by atoms with Crippen molar-refractivity contribution >= 4 is 12.0 Å². The number of hydrogen-bond donors (Lipinski definition) is 0. The third-order valence-corrected chi connectivity index (χ3v) is 4.75. The van der Waals surface area contributed by atoms with Crippen LogP contribution in [0.3, 0.4) is 0 Å². The second-order valence-electron chi connectivity index (χ2n) is 6.46. The molecule has 1 aliphatic carbocycles. The van der Waals surface area contributed by atoms with Gasteiger partial charge in [-0.1, -0.05) is 54.6 Å². The van der Waals surface area contributed by atoms with Crippen molar-refractivity contribution in [3.8, 4) is 0 Å². The van der Waals surface area contributed by atoms with Gasteiger partial charge in [0.05, 0.1) is 0 Å². The van der Waals surface area contributed by atoms with Crippen LogP contribution in [0.15, 0.2) is 48.6 Å². The van der Waals surface area contributed by atoms with Gasteiger partial charge < -0.3 is 4.90 Å². The van der Waals surface area contributed by atoms with Crippen LogP contribution in [-0.2, 0) is 4.79 Å². The predicted octanol–water partition coefficient (Wildman–Crippen LogP) is 3.20. The second-order valence-corrected chi connectivity index (χ2v) is 6.46. The Hall–Kier alpha value is -1.87. The summed E-state index contributed by atoms with van der Waals surface area (Å²) in [5.74, 6) is 0.815. The standard InChI is InChI=1S/C20H26N2O/c23-20(17-19-9-4-5-10-19)22-15-13-21(14-16-22)12-6-11-18-7-2-1-3-8-18/h1-4,6-9,11,19H,5,10,12-17H2. The van der Waals surface area contributed by atoms with Crippen LogP contribution < -0.4 is 0 Å². The lowest BCUT2D eigenvalue weighted by Crippen LogP contribution is -2.48. The molecule has 1 fully saturated rings. The average molecular weight is 310 g/mol. The van der Waals surface area contributed by atoms with Crippen molar-refractivity contribution in [1.29, 1.82) is 0 Å². The zero-order chi connectivity index (χ0) is 15.9. The van der Waals surface area contributed by atoms with Crippen molar-refractivity contribution in [2.24, 2.45) is 5.92 Å². The zero-order valence-corrected chi connectivity index (χ0v) is 13.7. The summed E-state index contributed by atoms with van der Waals surface area (Å²) >= 11 is 0. The van der Waals surface area contributed by atoms with Gasteiger partial charge >= 0.3 is 0 Å². The first-order valence-corrected chi connectivity index (χ1v) is 8.69. The average Bonchev–Trinajstić information content (AvgIpc) is 3.09. The molecule has 1 unspecified atom stereocenters. The number of carbonyl (C=O) groups is 1. The molecule has 0 N–H and O–H groups in total. The highest BCUT2D eigenvalue weighted by molar-refractivity contribution is 5.76. The van der Waals surface area contributed by atoms with E-state index in [4.69, 9.17) is 0 Å². The van der Waals surface area contributed by atoms with Crippen molar-refractivity contribution < 1.29 is 4.79 Å². The Bertz CT molecular complexity index is 556. The summed E-state index contributed by atoms with van der Waals surface area (Å²) in [5.41, 5.74) is 1.24. The number of nitrogens with zero attached hydrogens (tertiary/aromatic N) is 2. The Morgan fingerprint density at radius 2 is 1.91 bits per heavy atom. The number of carbonyl (C=O) groups excluding carboxylic acids is 1. The fourth-order valence-corrected chi connectivity index (χ4v) is 3.30. The minimum Gasteiger partial charge on any atom is -0.340 e. The van der Waals surface area contributed by atoms with E-state index < -0.39 is 0 Å². The van der Waals surface area contributed by atoms with E-state index in [-0.39, 0.29) is 0 Å². The Kier molecular flexibility index (Phi) is 5.65. The lowest BCUT2D eigenvalue weighted by atomic mass is 10.0. The van der Waals surface area contributed by atoms with Crippen LogP contribution in [0.2, 0.25) is 0 Å². The van der Waals surface area contributed by atoms with Crippen molar-refractivity contribution in [2.75, 3.05) is 32.7 Å². The number of benzene rings is 1. The number of piperazine rings is 1. The van der Waals surface area contributed by atoms with Gasteiger partial charge in [0.2, 0.25) is 5.91 Å². The first-order chi connectivity index (χ1) is 11.3. The summed E-state index contributed by atoms with van der Waals surface area (Å²) in [6.07, 6.45) is 11.8. The SMILES string of the molecule is O=C(CC1C=CCC1)N1CCN(CC=Cc2ccccc2)CC1. The van der Waals surface area contributed by atoms with E-state index in [1.165, 1.54) is 5.56 Å². The highest BCUT2D eigenvalue weighted by atomic mass is 16.2. The minimum atomic E-state index is 0.334.